The molecule has 1 rings (SSSR count). The van der Waals surface area contributed by atoms with Crippen LogP contribution in [0.3, 0.4) is 0 Å². The number of hydrogen-bond acceptors (Lipinski definition) is 4. The van der Waals surface area contributed by atoms with Crippen molar-refractivity contribution in [2.45, 2.75) is 25.9 Å². The molecule has 0 spiro atoms. The summed E-state index contributed by atoms with van der Waals surface area (Å²) in [6.45, 7) is 5.26. The number of carbonyl (C=O) groups excluding carboxylic acids is 1. The molecule has 0 aromatic heterocycles. The van der Waals surface area contributed by atoms with Gasteiger partial charge in [-0.15, -0.1) is 0 Å². The number of hydrogen-bond donors (Lipinski definition) is 2. The summed E-state index contributed by atoms with van der Waals surface area (Å²) in [5.74, 6) is 0.610. The second-order valence-electron chi connectivity index (χ2n) is 6.84. The third kappa shape index (κ3) is 9.96. The number of guanidine groups is 1. The minimum atomic E-state index is -0.0289. The number of likely N-dealkylation sites (N-methyl/N-ethyl adjacent to an activating group) is 1. The normalized spacial score (nSPS) is 12.7. The Hall–Kier alpha value is -2.12. The molecule has 0 heterocycles. The summed E-state index contributed by atoms with van der Waals surface area (Å²) in [6.07, 6.45) is 0.968. The zero-order chi connectivity index (χ0) is 20.1. The number of rotatable bonds is 11. The van der Waals surface area contributed by atoms with Gasteiger partial charge in [0, 0.05) is 46.9 Å². The molecule has 7 heteroatoms. The van der Waals surface area contributed by atoms with Gasteiger partial charge < -0.3 is 20.3 Å². The molecule has 7 nitrogen and oxygen atoms in total. The van der Waals surface area contributed by atoms with Crippen molar-refractivity contribution in [2.24, 2.45) is 4.99 Å². The van der Waals surface area contributed by atoms with Gasteiger partial charge in [0.15, 0.2) is 5.96 Å². The summed E-state index contributed by atoms with van der Waals surface area (Å²) in [5.41, 5.74) is 1.31. The number of nitrogens with zero attached hydrogens (tertiary/aromatic N) is 3. The van der Waals surface area contributed by atoms with Gasteiger partial charge in [-0.05, 0) is 26.0 Å². The molecular weight excluding hydrogens is 342 g/mol. The lowest BCUT2D eigenvalue weighted by Crippen LogP contribution is -2.42. The minimum absolute atomic E-state index is 0.0289. The van der Waals surface area contributed by atoms with E-state index in [1.165, 1.54) is 10.5 Å². The fourth-order valence-electron chi connectivity index (χ4n) is 2.38. The summed E-state index contributed by atoms with van der Waals surface area (Å²) >= 11 is 0. The molecular formula is C20H35N5O2. The molecule has 1 amide bonds. The molecule has 0 aliphatic heterocycles. The molecule has 27 heavy (non-hydrogen) atoms. The molecule has 0 fully saturated rings. The van der Waals surface area contributed by atoms with Crippen LogP contribution in [0.4, 0.5) is 0 Å². The maximum absolute atomic E-state index is 11.8. The summed E-state index contributed by atoms with van der Waals surface area (Å²) in [6, 6.07) is 10.9. The predicted molar refractivity (Wildman–Crippen MR) is 111 cm³/mol. The van der Waals surface area contributed by atoms with Gasteiger partial charge in [-0.2, -0.15) is 0 Å². The first-order valence-electron chi connectivity index (χ1n) is 9.39. The topological polar surface area (TPSA) is 69.2 Å². The van der Waals surface area contributed by atoms with Crippen LogP contribution in [0.15, 0.2) is 35.3 Å². The lowest BCUT2D eigenvalue weighted by atomic mass is 10.1. The SMILES string of the molecule is COCCNC(=NCC(=O)N(C)C)NCCC(C)N(C)Cc1ccccc1. The molecule has 1 atom stereocenters. The Balaban J connectivity index is 2.45. The van der Waals surface area contributed by atoms with E-state index in [1.807, 2.05) is 6.07 Å². The number of benzene rings is 1. The van der Waals surface area contributed by atoms with E-state index >= 15 is 0 Å². The van der Waals surface area contributed by atoms with E-state index in [1.54, 1.807) is 21.2 Å². The molecule has 1 aromatic rings. The van der Waals surface area contributed by atoms with Gasteiger partial charge in [-0.1, -0.05) is 30.3 Å². The van der Waals surface area contributed by atoms with Crippen LogP contribution in [0.25, 0.3) is 0 Å². The van der Waals surface area contributed by atoms with E-state index in [4.69, 9.17) is 4.74 Å². The van der Waals surface area contributed by atoms with E-state index in [9.17, 15) is 4.79 Å². The second-order valence-corrected chi connectivity index (χ2v) is 6.84. The van der Waals surface area contributed by atoms with Crippen LogP contribution in [0.1, 0.15) is 18.9 Å². The summed E-state index contributed by atoms with van der Waals surface area (Å²) in [5, 5.41) is 6.50. The monoisotopic (exact) mass is 377 g/mol. The maximum Gasteiger partial charge on any atom is 0.243 e. The Morgan fingerprint density at radius 2 is 1.81 bits per heavy atom. The van der Waals surface area contributed by atoms with E-state index < -0.39 is 0 Å². The van der Waals surface area contributed by atoms with E-state index in [0.29, 0.717) is 25.2 Å². The van der Waals surface area contributed by atoms with Crippen molar-refractivity contribution >= 4 is 11.9 Å². The lowest BCUT2D eigenvalue weighted by molar-refractivity contribution is -0.127. The average Bonchev–Trinajstić information content (AvgIpc) is 2.66. The van der Waals surface area contributed by atoms with Crippen LogP contribution < -0.4 is 10.6 Å². The number of amides is 1. The van der Waals surface area contributed by atoms with Gasteiger partial charge in [0.05, 0.1) is 6.61 Å². The molecule has 0 aliphatic carbocycles. The first-order valence-corrected chi connectivity index (χ1v) is 9.39. The van der Waals surface area contributed by atoms with Crippen LogP contribution in [-0.4, -0.2) is 82.2 Å². The van der Waals surface area contributed by atoms with Gasteiger partial charge in [-0.25, -0.2) is 4.99 Å². The number of aliphatic imine (C=N–C) groups is 1. The van der Waals surface area contributed by atoms with Gasteiger partial charge in [0.2, 0.25) is 5.91 Å². The van der Waals surface area contributed by atoms with E-state index in [0.717, 1.165) is 19.5 Å². The molecule has 1 aromatic carbocycles. The highest BCUT2D eigenvalue weighted by Gasteiger charge is 2.10. The van der Waals surface area contributed by atoms with Crippen molar-refractivity contribution in [1.82, 2.24) is 20.4 Å². The number of nitrogens with one attached hydrogen (secondary N) is 2. The summed E-state index contributed by atoms with van der Waals surface area (Å²) in [4.78, 5) is 20.0. The fraction of sp³-hybridized carbons (Fsp3) is 0.600. The Morgan fingerprint density at radius 3 is 2.44 bits per heavy atom. The number of carbonyl (C=O) groups is 1. The van der Waals surface area contributed by atoms with Crippen molar-refractivity contribution in [3.05, 3.63) is 35.9 Å². The van der Waals surface area contributed by atoms with Crippen molar-refractivity contribution in [3.63, 3.8) is 0 Å². The number of ether oxygens (including phenoxy) is 1. The minimum Gasteiger partial charge on any atom is -0.383 e. The van der Waals surface area contributed by atoms with Crippen molar-refractivity contribution < 1.29 is 9.53 Å². The summed E-state index contributed by atoms with van der Waals surface area (Å²) < 4.78 is 5.06. The highest BCUT2D eigenvalue weighted by Crippen LogP contribution is 2.07. The third-order valence-corrected chi connectivity index (χ3v) is 4.35. The zero-order valence-corrected chi connectivity index (χ0v) is 17.4. The molecule has 152 valence electrons. The van der Waals surface area contributed by atoms with Crippen LogP contribution >= 0.6 is 0 Å². The quantitative estimate of drug-likeness (QED) is 0.344. The second kappa shape index (κ2) is 13.1. The highest BCUT2D eigenvalue weighted by molar-refractivity contribution is 5.84. The third-order valence-electron chi connectivity index (χ3n) is 4.35. The standard InChI is InChI=1S/C20H35N5O2/c1-17(25(4)16-18-9-7-6-8-10-18)11-12-21-20(22-13-14-27-5)23-15-19(26)24(2)3/h6-10,17H,11-16H2,1-5H3,(H2,21,22,23). The lowest BCUT2D eigenvalue weighted by Gasteiger charge is -2.25. The van der Waals surface area contributed by atoms with Gasteiger partial charge in [-0.3, -0.25) is 9.69 Å². The van der Waals surface area contributed by atoms with Crippen molar-refractivity contribution in [3.8, 4) is 0 Å². The molecule has 1 unspecified atom stereocenters. The largest absolute Gasteiger partial charge is 0.383 e. The van der Waals surface area contributed by atoms with Crippen LogP contribution in [0, 0.1) is 0 Å². The first kappa shape index (κ1) is 22.9. The molecule has 0 bridgehead atoms. The Labute approximate surface area is 163 Å². The Kier molecular flexibility index (Phi) is 11.1. The van der Waals surface area contributed by atoms with Gasteiger partial charge >= 0.3 is 0 Å². The number of methoxy groups -OCH3 is 1. The van der Waals surface area contributed by atoms with E-state index in [-0.39, 0.29) is 12.5 Å². The molecule has 0 saturated heterocycles. The summed E-state index contributed by atoms with van der Waals surface area (Å²) in [7, 11) is 7.26. The maximum atomic E-state index is 11.8. The van der Waals surface area contributed by atoms with Crippen LogP contribution in [0.2, 0.25) is 0 Å². The van der Waals surface area contributed by atoms with Crippen LogP contribution in [-0.2, 0) is 16.1 Å². The molecule has 0 saturated carbocycles. The Bertz CT molecular complexity index is 563. The zero-order valence-electron chi connectivity index (χ0n) is 17.4. The van der Waals surface area contributed by atoms with Crippen molar-refractivity contribution in [2.75, 3.05) is 54.5 Å². The van der Waals surface area contributed by atoms with Crippen LogP contribution in [0.5, 0.6) is 0 Å². The molecule has 2 N–H and O–H groups in total. The smallest absolute Gasteiger partial charge is 0.243 e. The predicted octanol–water partition coefficient (Wildman–Crippen LogP) is 1.17. The van der Waals surface area contributed by atoms with Gasteiger partial charge in [0.1, 0.15) is 6.54 Å². The van der Waals surface area contributed by atoms with E-state index in [2.05, 4.69) is 58.8 Å². The molecule has 0 aliphatic rings. The first-order chi connectivity index (χ1) is 12.9. The Morgan fingerprint density at radius 1 is 1.15 bits per heavy atom. The van der Waals surface area contributed by atoms with Crippen molar-refractivity contribution in [1.29, 1.82) is 0 Å². The van der Waals surface area contributed by atoms with Gasteiger partial charge in [0.25, 0.3) is 0 Å². The fourth-order valence-corrected chi connectivity index (χ4v) is 2.38. The highest BCUT2D eigenvalue weighted by atomic mass is 16.5. The molecule has 0 radical (unpaired) electrons. The average molecular weight is 378 g/mol.